The molecule has 1 heterocycles. The minimum Gasteiger partial charge on any atom is -0.317 e. The van der Waals surface area contributed by atoms with Crippen LogP contribution in [0.2, 0.25) is 0 Å². The zero-order valence-corrected chi connectivity index (χ0v) is 12.8. The van der Waals surface area contributed by atoms with Crippen LogP contribution in [0, 0.1) is 5.82 Å². The van der Waals surface area contributed by atoms with Gasteiger partial charge in [-0.1, -0.05) is 18.2 Å². The lowest BCUT2D eigenvalue weighted by Gasteiger charge is -2.32. The van der Waals surface area contributed by atoms with Crippen LogP contribution in [0.5, 0.6) is 0 Å². The standard InChI is InChI=1S/C16H22FN3O/c1-11(10-19(2)3)20-14(12-6-4-5-7-13(12)17)18-16(8-9-16)15(20)21/h4-7,11,14,18H,8-10H2,1-3H3. The summed E-state index contributed by atoms with van der Waals surface area (Å²) in [6.45, 7) is 2.78. The molecule has 2 unspecified atom stereocenters. The molecule has 1 amide bonds. The normalized spacial score (nSPS) is 24.9. The van der Waals surface area contributed by atoms with Gasteiger partial charge in [-0.2, -0.15) is 0 Å². The van der Waals surface area contributed by atoms with Gasteiger partial charge in [-0.25, -0.2) is 4.39 Å². The first-order valence-electron chi connectivity index (χ1n) is 7.44. The number of hydrogen-bond donors (Lipinski definition) is 1. The molecule has 4 nitrogen and oxygen atoms in total. The summed E-state index contributed by atoms with van der Waals surface area (Å²) < 4.78 is 14.2. The van der Waals surface area contributed by atoms with Crippen LogP contribution in [-0.2, 0) is 4.79 Å². The second kappa shape index (κ2) is 5.07. The van der Waals surface area contributed by atoms with E-state index in [2.05, 4.69) is 5.32 Å². The second-order valence-corrected chi connectivity index (χ2v) is 6.47. The average Bonchev–Trinajstić information content (AvgIpc) is 3.12. The Morgan fingerprint density at radius 2 is 2.10 bits per heavy atom. The summed E-state index contributed by atoms with van der Waals surface area (Å²) in [5.41, 5.74) is 0.119. The zero-order valence-electron chi connectivity index (χ0n) is 12.8. The molecule has 21 heavy (non-hydrogen) atoms. The molecule has 0 bridgehead atoms. The fourth-order valence-electron chi connectivity index (χ4n) is 3.24. The van der Waals surface area contributed by atoms with Crippen molar-refractivity contribution in [1.29, 1.82) is 0 Å². The molecule has 0 aromatic heterocycles. The maximum atomic E-state index is 14.2. The highest BCUT2D eigenvalue weighted by Crippen LogP contribution is 2.47. The Bertz CT molecular complexity index is 556. The molecule has 114 valence electrons. The van der Waals surface area contributed by atoms with E-state index in [1.54, 1.807) is 12.1 Å². The first-order valence-corrected chi connectivity index (χ1v) is 7.44. The van der Waals surface area contributed by atoms with Gasteiger partial charge in [-0.05, 0) is 39.9 Å². The van der Waals surface area contributed by atoms with E-state index in [0.717, 1.165) is 19.4 Å². The van der Waals surface area contributed by atoms with Gasteiger partial charge in [-0.3, -0.25) is 10.1 Å². The summed E-state index contributed by atoms with van der Waals surface area (Å²) in [4.78, 5) is 16.6. The van der Waals surface area contributed by atoms with E-state index >= 15 is 0 Å². The first kappa shape index (κ1) is 14.5. The maximum Gasteiger partial charge on any atom is 0.244 e. The molecule has 1 N–H and O–H groups in total. The quantitative estimate of drug-likeness (QED) is 0.918. The van der Waals surface area contributed by atoms with Crippen molar-refractivity contribution in [2.24, 2.45) is 0 Å². The van der Waals surface area contributed by atoms with Gasteiger partial charge in [0.05, 0.1) is 0 Å². The molecule has 3 rings (SSSR count). The number of halogens is 1. The van der Waals surface area contributed by atoms with Crippen LogP contribution in [0.3, 0.4) is 0 Å². The van der Waals surface area contributed by atoms with Gasteiger partial charge in [-0.15, -0.1) is 0 Å². The molecule has 1 spiro atoms. The van der Waals surface area contributed by atoms with Gasteiger partial charge < -0.3 is 9.80 Å². The minimum absolute atomic E-state index is 0.0320. The van der Waals surface area contributed by atoms with Crippen molar-refractivity contribution >= 4 is 5.91 Å². The lowest BCUT2D eigenvalue weighted by molar-refractivity contribution is -0.133. The van der Waals surface area contributed by atoms with E-state index in [-0.39, 0.29) is 23.9 Å². The van der Waals surface area contributed by atoms with E-state index in [9.17, 15) is 9.18 Å². The van der Waals surface area contributed by atoms with Crippen molar-refractivity contribution in [2.45, 2.75) is 37.5 Å². The summed E-state index contributed by atoms with van der Waals surface area (Å²) in [5, 5.41) is 3.37. The summed E-state index contributed by atoms with van der Waals surface area (Å²) in [6, 6.07) is 6.74. The van der Waals surface area contributed by atoms with E-state index < -0.39 is 5.54 Å². The summed E-state index contributed by atoms with van der Waals surface area (Å²) in [7, 11) is 3.96. The van der Waals surface area contributed by atoms with E-state index in [1.165, 1.54) is 6.07 Å². The lowest BCUT2D eigenvalue weighted by atomic mass is 10.1. The molecule has 1 saturated heterocycles. The second-order valence-electron chi connectivity index (χ2n) is 6.47. The largest absolute Gasteiger partial charge is 0.317 e. The molecule has 1 saturated carbocycles. The van der Waals surface area contributed by atoms with E-state index in [1.807, 2.05) is 36.9 Å². The van der Waals surface area contributed by atoms with Crippen LogP contribution in [0.15, 0.2) is 24.3 Å². The third-order valence-corrected chi connectivity index (χ3v) is 4.39. The molecule has 1 aromatic rings. The Hall–Kier alpha value is -1.46. The molecule has 1 aliphatic heterocycles. The van der Waals surface area contributed by atoms with Crippen molar-refractivity contribution in [1.82, 2.24) is 15.1 Å². The number of amides is 1. The maximum absolute atomic E-state index is 14.2. The van der Waals surface area contributed by atoms with Crippen LogP contribution in [0.4, 0.5) is 4.39 Å². The predicted molar refractivity (Wildman–Crippen MR) is 79.1 cm³/mol. The zero-order chi connectivity index (χ0) is 15.2. The smallest absolute Gasteiger partial charge is 0.244 e. The average molecular weight is 291 g/mol. The number of benzene rings is 1. The molecule has 1 aromatic carbocycles. The fourth-order valence-corrected chi connectivity index (χ4v) is 3.24. The van der Waals surface area contributed by atoms with E-state index in [0.29, 0.717) is 5.56 Å². The predicted octanol–water partition coefficient (Wildman–Crippen LogP) is 1.74. The molecule has 0 radical (unpaired) electrons. The topological polar surface area (TPSA) is 35.6 Å². The van der Waals surface area contributed by atoms with E-state index in [4.69, 9.17) is 0 Å². The summed E-state index contributed by atoms with van der Waals surface area (Å²) in [5.74, 6) is -0.146. The van der Waals surface area contributed by atoms with Gasteiger partial charge in [0.15, 0.2) is 0 Å². The van der Waals surface area contributed by atoms with Crippen LogP contribution >= 0.6 is 0 Å². The van der Waals surface area contributed by atoms with Crippen molar-refractivity contribution in [3.05, 3.63) is 35.6 Å². The molecule has 5 heteroatoms. The minimum atomic E-state index is -0.437. The van der Waals surface area contributed by atoms with Gasteiger partial charge in [0, 0.05) is 18.2 Å². The van der Waals surface area contributed by atoms with Crippen molar-refractivity contribution < 1.29 is 9.18 Å². The van der Waals surface area contributed by atoms with Gasteiger partial charge >= 0.3 is 0 Å². The Morgan fingerprint density at radius 1 is 1.43 bits per heavy atom. The number of carbonyl (C=O) groups excluding carboxylic acids is 1. The first-order chi connectivity index (χ1) is 9.94. The Kier molecular flexibility index (Phi) is 3.50. The fraction of sp³-hybridized carbons (Fsp3) is 0.562. The van der Waals surface area contributed by atoms with Crippen LogP contribution in [-0.4, -0.2) is 47.9 Å². The number of likely N-dealkylation sites (N-methyl/N-ethyl adjacent to an activating group) is 1. The Balaban J connectivity index is 1.93. The third-order valence-electron chi connectivity index (χ3n) is 4.39. The number of rotatable bonds is 4. The third kappa shape index (κ3) is 2.45. The number of nitrogens with zero attached hydrogens (tertiary/aromatic N) is 2. The highest BCUT2D eigenvalue weighted by Gasteiger charge is 2.60. The summed E-state index contributed by atoms with van der Waals surface area (Å²) >= 11 is 0. The Labute approximate surface area is 124 Å². The summed E-state index contributed by atoms with van der Waals surface area (Å²) in [6.07, 6.45) is 1.33. The molecule has 2 fully saturated rings. The highest BCUT2D eigenvalue weighted by atomic mass is 19.1. The molecular weight excluding hydrogens is 269 g/mol. The van der Waals surface area contributed by atoms with Crippen molar-refractivity contribution in [2.75, 3.05) is 20.6 Å². The molecule has 2 atom stereocenters. The van der Waals surface area contributed by atoms with Crippen LogP contribution < -0.4 is 5.32 Å². The SMILES string of the molecule is CC(CN(C)C)N1C(=O)C2(CC2)NC1c1ccccc1F. The van der Waals surface area contributed by atoms with Crippen molar-refractivity contribution in [3.63, 3.8) is 0 Å². The van der Waals surface area contributed by atoms with Crippen molar-refractivity contribution in [3.8, 4) is 0 Å². The van der Waals surface area contributed by atoms with Gasteiger partial charge in [0.2, 0.25) is 5.91 Å². The number of hydrogen-bond acceptors (Lipinski definition) is 3. The van der Waals surface area contributed by atoms with Gasteiger partial charge in [0.1, 0.15) is 17.5 Å². The molecule has 1 aliphatic carbocycles. The molecule has 2 aliphatic rings. The van der Waals surface area contributed by atoms with Crippen LogP contribution in [0.1, 0.15) is 31.5 Å². The Morgan fingerprint density at radius 3 is 2.67 bits per heavy atom. The number of carbonyl (C=O) groups is 1. The van der Waals surface area contributed by atoms with Gasteiger partial charge in [0.25, 0.3) is 0 Å². The molecular formula is C16H22FN3O. The van der Waals surface area contributed by atoms with Crippen LogP contribution in [0.25, 0.3) is 0 Å². The monoisotopic (exact) mass is 291 g/mol. The lowest BCUT2D eigenvalue weighted by Crippen LogP contribution is -2.44. The number of nitrogens with one attached hydrogen (secondary N) is 1. The highest BCUT2D eigenvalue weighted by molar-refractivity contribution is 5.92.